The molecular formula is C24H22N2O4S. The molecule has 0 unspecified atom stereocenters. The summed E-state index contributed by atoms with van der Waals surface area (Å²) in [6, 6.07) is 24.8. The molecule has 7 heteroatoms. The van der Waals surface area contributed by atoms with E-state index >= 15 is 0 Å². The lowest BCUT2D eigenvalue weighted by atomic mass is 10.2. The predicted octanol–water partition coefficient (Wildman–Crippen LogP) is 5.07. The topological polar surface area (TPSA) is 81.4 Å². The lowest BCUT2D eigenvalue weighted by Gasteiger charge is -2.09. The summed E-state index contributed by atoms with van der Waals surface area (Å²) < 4.78 is 38.9. The zero-order valence-corrected chi connectivity index (χ0v) is 17.8. The zero-order chi connectivity index (χ0) is 21.7. The van der Waals surface area contributed by atoms with Gasteiger partial charge in [-0.15, -0.1) is 0 Å². The van der Waals surface area contributed by atoms with E-state index in [-0.39, 0.29) is 4.90 Å². The summed E-state index contributed by atoms with van der Waals surface area (Å²) in [6.07, 6.45) is 0.602. The highest BCUT2D eigenvalue weighted by molar-refractivity contribution is 7.92. The van der Waals surface area contributed by atoms with E-state index < -0.39 is 10.0 Å². The average molecular weight is 435 g/mol. The molecule has 4 rings (SSSR count). The summed E-state index contributed by atoms with van der Waals surface area (Å²) >= 11 is 0. The quantitative estimate of drug-likeness (QED) is 0.419. The maximum absolute atomic E-state index is 12.4. The normalized spacial score (nSPS) is 11.3. The summed E-state index contributed by atoms with van der Waals surface area (Å²) in [5.74, 6) is 2.02. The standard InChI is InChI=1S/C24H22N2O4S/c1-18-23(25-24(30-18)19-8-4-2-5-9-19)16-17-29-21-14-12-20(13-15-21)26-31(27,28)22-10-6-3-7-11-22/h2-15,26H,16-17H2,1H3. The fraction of sp³-hybridized carbons (Fsp3) is 0.125. The van der Waals surface area contributed by atoms with Gasteiger partial charge >= 0.3 is 0 Å². The van der Waals surface area contributed by atoms with Gasteiger partial charge < -0.3 is 9.15 Å². The molecule has 0 bridgehead atoms. The Labute approximate surface area is 181 Å². The van der Waals surface area contributed by atoms with Crippen LogP contribution in [0.1, 0.15) is 11.5 Å². The average Bonchev–Trinajstić information content (AvgIpc) is 3.16. The first kappa shape index (κ1) is 20.7. The smallest absolute Gasteiger partial charge is 0.261 e. The van der Waals surface area contributed by atoms with Gasteiger partial charge in [-0.2, -0.15) is 0 Å². The molecule has 0 aliphatic heterocycles. The third kappa shape index (κ3) is 5.13. The molecule has 1 aromatic heterocycles. The molecule has 1 N–H and O–H groups in total. The first-order valence-electron chi connectivity index (χ1n) is 9.84. The van der Waals surface area contributed by atoms with Crippen LogP contribution in [0.15, 0.2) is 94.2 Å². The minimum absolute atomic E-state index is 0.216. The van der Waals surface area contributed by atoms with Gasteiger partial charge in [0.2, 0.25) is 5.89 Å². The van der Waals surface area contributed by atoms with Crippen LogP contribution < -0.4 is 9.46 Å². The number of nitrogens with zero attached hydrogens (tertiary/aromatic N) is 1. The second-order valence-electron chi connectivity index (χ2n) is 6.93. The lowest BCUT2D eigenvalue weighted by molar-refractivity contribution is 0.320. The SMILES string of the molecule is Cc1oc(-c2ccccc2)nc1CCOc1ccc(NS(=O)(=O)c2ccccc2)cc1. The Balaban J connectivity index is 1.34. The highest BCUT2D eigenvalue weighted by atomic mass is 32.2. The Bertz CT molecular complexity index is 1240. The molecule has 0 radical (unpaired) electrons. The van der Waals surface area contributed by atoms with E-state index in [2.05, 4.69) is 9.71 Å². The summed E-state index contributed by atoms with van der Waals surface area (Å²) in [6.45, 7) is 2.32. The molecule has 0 amide bonds. The van der Waals surface area contributed by atoms with E-state index in [0.29, 0.717) is 30.4 Å². The Morgan fingerprint density at radius 2 is 1.55 bits per heavy atom. The van der Waals surface area contributed by atoms with Crippen LogP contribution in [0.2, 0.25) is 0 Å². The van der Waals surface area contributed by atoms with Crippen LogP contribution in [0.25, 0.3) is 11.5 Å². The Kier molecular flexibility index (Phi) is 6.04. The maximum atomic E-state index is 12.4. The number of aromatic nitrogens is 1. The Morgan fingerprint density at radius 1 is 0.903 bits per heavy atom. The second-order valence-corrected chi connectivity index (χ2v) is 8.61. The predicted molar refractivity (Wildman–Crippen MR) is 120 cm³/mol. The van der Waals surface area contributed by atoms with Gasteiger partial charge in [0.15, 0.2) is 0 Å². The van der Waals surface area contributed by atoms with Crippen molar-refractivity contribution >= 4 is 15.7 Å². The van der Waals surface area contributed by atoms with E-state index in [9.17, 15) is 8.42 Å². The van der Waals surface area contributed by atoms with Gasteiger partial charge in [0.1, 0.15) is 11.5 Å². The van der Waals surface area contributed by atoms with E-state index in [1.165, 1.54) is 0 Å². The van der Waals surface area contributed by atoms with Gasteiger partial charge in [-0.25, -0.2) is 13.4 Å². The molecule has 4 aromatic rings. The number of hydrogen-bond donors (Lipinski definition) is 1. The maximum Gasteiger partial charge on any atom is 0.261 e. The first-order chi connectivity index (χ1) is 15.0. The molecule has 1 heterocycles. The number of sulfonamides is 1. The van der Waals surface area contributed by atoms with Gasteiger partial charge in [-0.1, -0.05) is 36.4 Å². The monoisotopic (exact) mass is 434 g/mol. The van der Waals surface area contributed by atoms with Gasteiger partial charge in [0.25, 0.3) is 10.0 Å². The molecule has 31 heavy (non-hydrogen) atoms. The van der Waals surface area contributed by atoms with Gasteiger partial charge in [-0.05, 0) is 55.5 Å². The van der Waals surface area contributed by atoms with Crippen LogP contribution in [-0.2, 0) is 16.4 Å². The summed E-state index contributed by atoms with van der Waals surface area (Å²) in [4.78, 5) is 4.79. The summed E-state index contributed by atoms with van der Waals surface area (Å²) in [5.41, 5.74) is 2.26. The number of aryl methyl sites for hydroxylation is 1. The van der Waals surface area contributed by atoms with Crippen LogP contribution in [-0.4, -0.2) is 20.0 Å². The lowest BCUT2D eigenvalue weighted by Crippen LogP contribution is -2.12. The largest absolute Gasteiger partial charge is 0.493 e. The minimum atomic E-state index is -3.61. The number of ether oxygens (including phenoxy) is 1. The number of hydrogen-bond acceptors (Lipinski definition) is 5. The van der Waals surface area contributed by atoms with Gasteiger partial charge in [0, 0.05) is 17.7 Å². The van der Waals surface area contributed by atoms with Crippen molar-refractivity contribution in [2.24, 2.45) is 0 Å². The van der Waals surface area contributed by atoms with Crippen LogP contribution in [0, 0.1) is 6.92 Å². The number of oxazole rings is 1. The van der Waals surface area contributed by atoms with Crippen molar-refractivity contribution in [3.05, 3.63) is 96.4 Å². The molecule has 6 nitrogen and oxygen atoms in total. The Hall–Kier alpha value is -3.58. The molecule has 0 aliphatic rings. The molecule has 0 spiro atoms. The van der Waals surface area contributed by atoms with Crippen molar-refractivity contribution in [3.63, 3.8) is 0 Å². The third-order valence-electron chi connectivity index (χ3n) is 4.68. The molecule has 158 valence electrons. The van der Waals surface area contributed by atoms with Crippen LogP contribution >= 0.6 is 0 Å². The van der Waals surface area contributed by atoms with Crippen molar-refractivity contribution in [1.82, 2.24) is 4.98 Å². The Morgan fingerprint density at radius 3 is 2.23 bits per heavy atom. The number of rotatable bonds is 8. The highest BCUT2D eigenvalue weighted by Crippen LogP contribution is 2.23. The van der Waals surface area contributed by atoms with Crippen molar-refractivity contribution in [2.75, 3.05) is 11.3 Å². The van der Waals surface area contributed by atoms with Gasteiger partial charge in [-0.3, -0.25) is 4.72 Å². The first-order valence-corrected chi connectivity index (χ1v) is 11.3. The van der Waals surface area contributed by atoms with Crippen LogP contribution in [0.5, 0.6) is 5.75 Å². The van der Waals surface area contributed by atoms with Gasteiger partial charge in [0.05, 0.1) is 17.2 Å². The van der Waals surface area contributed by atoms with E-state index in [1.807, 2.05) is 37.3 Å². The van der Waals surface area contributed by atoms with Crippen molar-refractivity contribution in [2.45, 2.75) is 18.2 Å². The second kappa shape index (κ2) is 9.06. The van der Waals surface area contributed by atoms with E-state index in [0.717, 1.165) is 17.0 Å². The fourth-order valence-electron chi connectivity index (χ4n) is 3.06. The molecular weight excluding hydrogens is 412 g/mol. The van der Waals surface area contributed by atoms with Crippen LogP contribution in [0.3, 0.4) is 0 Å². The molecule has 0 fully saturated rings. The van der Waals surface area contributed by atoms with Crippen molar-refractivity contribution < 1.29 is 17.6 Å². The van der Waals surface area contributed by atoms with E-state index in [4.69, 9.17) is 9.15 Å². The number of anilines is 1. The summed E-state index contributed by atoms with van der Waals surface area (Å²) in [5, 5.41) is 0. The molecule has 0 saturated carbocycles. The molecule has 0 atom stereocenters. The van der Waals surface area contributed by atoms with Crippen molar-refractivity contribution in [3.8, 4) is 17.2 Å². The fourth-order valence-corrected chi connectivity index (χ4v) is 4.14. The van der Waals surface area contributed by atoms with Crippen LogP contribution in [0.4, 0.5) is 5.69 Å². The highest BCUT2D eigenvalue weighted by Gasteiger charge is 2.14. The summed E-state index contributed by atoms with van der Waals surface area (Å²) in [7, 11) is -3.61. The molecule has 0 saturated heterocycles. The third-order valence-corrected chi connectivity index (χ3v) is 6.08. The van der Waals surface area contributed by atoms with E-state index in [1.54, 1.807) is 54.6 Å². The number of benzene rings is 3. The molecule has 0 aliphatic carbocycles. The number of nitrogens with one attached hydrogen (secondary N) is 1. The zero-order valence-electron chi connectivity index (χ0n) is 17.0. The van der Waals surface area contributed by atoms with Crippen molar-refractivity contribution in [1.29, 1.82) is 0 Å². The minimum Gasteiger partial charge on any atom is -0.493 e. The molecule has 3 aromatic carbocycles.